The molecule has 0 atom stereocenters. The Labute approximate surface area is 120 Å². The van der Waals surface area contributed by atoms with Gasteiger partial charge in [-0.1, -0.05) is 6.92 Å². The van der Waals surface area contributed by atoms with Crippen molar-refractivity contribution >= 4 is 5.82 Å². The normalized spacial score (nSPS) is 10.6. The first-order valence-electron chi connectivity index (χ1n) is 7.01. The number of aliphatic hydroxyl groups is 1. The second-order valence-electron chi connectivity index (χ2n) is 4.71. The van der Waals surface area contributed by atoms with Gasteiger partial charge in [0, 0.05) is 31.2 Å². The average Bonchev–Trinajstić information content (AvgIpc) is 2.53. The highest BCUT2D eigenvalue weighted by Gasteiger charge is 2.09. The molecule has 0 unspecified atom stereocenters. The molecule has 1 N–H and O–H groups in total. The van der Waals surface area contributed by atoms with E-state index in [0.717, 1.165) is 36.6 Å². The summed E-state index contributed by atoms with van der Waals surface area (Å²) in [6, 6.07) is 7.95. The summed E-state index contributed by atoms with van der Waals surface area (Å²) in [6.45, 7) is 5.90. The summed E-state index contributed by atoms with van der Waals surface area (Å²) in [4.78, 5) is 10.9. The van der Waals surface area contributed by atoms with Gasteiger partial charge in [0.15, 0.2) is 0 Å². The van der Waals surface area contributed by atoms with Crippen molar-refractivity contribution in [2.24, 2.45) is 0 Å². The van der Waals surface area contributed by atoms with Gasteiger partial charge in [-0.05, 0) is 48.7 Å². The summed E-state index contributed by atoms with van der Waals surface area (Å²) in [7, 11) is 0. The van der Waals surface area contributed by atoms with Gasteiger partial charge < -0.3 is 10.0 Å². The average molecular weight is 271 g/mol. The van der Waals surface area contributed by atoms with Crippen molar-refractivity contribution in [1.82, 2.24) is 9.97 Å². The minimum Gasteiger partial charge on any atom is -0.392 e. The van der Waals surface area contributed by atoms with Crippen LogP contribution in [0.5, 0.6) is 0 Å². The van der Waals surface area contributed by atoms with Crippen LogP contribution in [0.15, 0.2) is 36.7 Å². The van der Waals surface area contributed by atoms with Crippen LogP contribution in [0.4, 0.5) is 5.82 Å². The fraction of sp³-hybridized carbons (Fsp3) is 0.375. The number of anilines is 1. The van der Waals surface area contributed by atoms with Crippen LogP contribution in [0.2, 0.25) is 0 Å². The molecule has 2 rings (SSSR count). The molecule has 0 bridgehead atoms. The van der Waals surface area contributed by atoms with E-state index in [9.17, 15) is 5.11 Å². The van der Waals surface area contributed by atoms with Crippen LogP contribution in [-0.4, -0.2) is 21.6 Å². The van der Waals surface area contributed by atoms with Gasteiger partial charge >= 0.3 is 0 Å². The molecule has 0 aliphatic rings. The molecule has 0 aromatic carbocycles. The van der Waals surface area contributed by atoms with E-state index in [1.165, 1.54) is 5.56 Å². The SMILES string of the molecule is CCc1cc(CO)cc(N(CC)Cc2ccncc2)n1. The van der Waals surface area contributed by atoms with Gasteiger partial charge in [-0.15, -0.1) is 0 Å². The summed E-state index contributed by atoms with van der Waals surface area (Å²) in [6.07, 6.45) is 4.48. The molecule has 2 heterocycles. The zero-order chi connectivity index (χ0) is 14.4. The second-order valence-corrected chi connectivity index (χ2v) is 4.71. The number of hydrogen-bond donors (Lipinski definition) is 1. The van der Waals surface area contributed by atoms with Crippen molar-refractivity contribution in [3.8, 4) is 0 Å². The zero-order valence-corrected chi connectivity index (χ0v) is 12.1. The number of hydrogen-bond acceptors (Lipinski definition) is 4. The van der Waals surface area contributed by atoms with Gasteiger partial charge in [0.05, 0.1) is 6.61 Å². The molecule has 2 aromatic rings. The molecule has 0 spiro atoms. The molecule has 0 aliphatic carbocycles. The van der Waals surface area contributed by atoms with Crippen molar-refractivity contribution < 1.29 is 5.11 Å². The number of aromatic nitrogens is 2. The first-order chi connectivity index (χ1) is 9.76. The van der Waals surface area contributed by atoms with Gasteiger partial charge in [-0.25, -0.2) is 4.98 Å². The van der Waals surface area contributed by atoms with E-state index in [1.807, 2.05) is 24.3 Å². The number of nitrogens with zero attached hydrogens (tertiary/aromatic N) is 3. The van der Waals surface area contributed by atoms with Crippen molar-refractivity contribution in [3.05, 3.63) is 53.5 Å². The number of pyridine rings is 2. The highest BCUT2D eigenvalue weighted by Crippen LogP contribution is 2.18. The van der Waals surface area contributed by atoms with Crippen LogP contribution in [0.1, 0.15) is 30.7 Å². The number of aryl methyl sites for hydroxylation is 1. The minimum atomic E-state index is 0.0509. The molecule has 0 radical (unpaired) electrons. The Morgan fingerprint density at radius 1 is 1.10 bits per heavy atom. The van der Waals surface area contributed by atoms with Crippen molar-refractivity contribution in [2.45, 2.75) is 33.4 Å². The predicted octanol–water partition coefficient (Wildman–Crippen LogP) is 2.56. The van der Waals surface area contributed by atoms with E-state index in [4.69, 9.17) is 0 Å². The second kappa shape index (κ2) is 7.01. The molecule has 0 saturated heterocycles. The Kier molecular flexibility index (Phi) is 5.07. The van der Waals surface area contributed by atoms with Crippen LogP contribution < -0.4 is 4.90 Å². The topological polar surface area (TPSA) is 49.2 Å². The molecule has 106 valence electrons. The lowest BCUT2D eigenvalue weighted by Gasteiger charge is -2.23. The zero-order valence-electron chi connectivity index (χ0n) is 12.1. The Morgan fingerprint density at radius 2 is 1.85 bits per heavy atom. The van der Waals surface area contributed by atoms with Crippen LogP contribution in [0.25, 0.3) is 0 Å². The maximum atomic E-state index is 9.37. The van der Waals surface area contributed by atoms with Gasteiger partial charge in [0.25, 0.3) is 0 Å². The van der Waals surface area contributed by atoms with Crippen molar-refractivity contribution in [1.29, 1.82) is 0 Å². The summed E-state index contributed by atoms with van der Waals surface area (Å²) in [5, 5.41) is 9.37. The van der Waals surface area contributed by atoms with E-state index in [2.05, 4.69) is 28.7 Å². The maximum absolute atomic E-state index is 9.37. The Balaban J connectivity index is 2.26. The third-order valence-corrected chi connectivity index (χ3v) is 3.30. The van der Waals surface area contributed by atoms with E-state index in [1.54, 1.807) is 12.4 Å². The van der Waals surface area contributed by atoms with Crippen LogP contribution in [0.3, 0.4) is 0 Å². The lowest BCUT2D eigenvalue weighted by molar-refractivity contribution is 0.281. The fourth-order valence-electron chi connectivity index (χ4n) is 2.13. The smallest absolute Gasteiger partial charge is 0.129 e. The molecule has 0 amide bonds. The Bertz CT molecular complexity index is 520. The first-order valence-corrected chi connectivity index (χ1v) is 7.01. The van der Waals surface area contributed by atoms with E-state index >= 15 is 0 Å². The number of rotatable bonds is 6. The molecule has 20 heavy (non-hydrogen) atoms. The van der Waals surface area contributed by atoms with Gasteiger partial charge in [-0.2, -0.15) is 0 Å². The van der Waals surface area contributed by atoms with Crippen molar-refractivity contribution in [2.75, 3.05) is 11.4 Å². The van der Waals surface area contributed by atoms with E-state index < -0.39 is 0 Å². The molecule has 4 heteroatoms. The Morgan fingerprint density at radius 3 is 2.45 bits per heavy atom. The lowest BCUT2D eigenvalue weighted by Crippen LogP contribution is -2.23. The van der Waals surface area contributed by atoms with E-state index in [0.29, 0.717) is 0 Å². The van der Waals surface area contributed by atoms with Gasteiger partial charge in [-0.3, -0.25) is 4.98 Å². The molecule has 2 aromatic heterocycles. The third kappa shape index (κ3) is 3.54. The third-order valence-electron chi connectivity index (χ3n) is 3.30. The fourth-order valence-corrected chi connectivity index (χ4v) is 2.13. The highest BCUT2D eigenvalue weighted by molar-refractivity contribution is 5.43. The Hall–Kier alpha value is -1.94. The van der Waals surface area contributed by atoms with Crippen molar-refractivity contribution in [3.63, 3.8) is 0 Å². The number of aliphatic hydroxyl groups excluding tert-OH is 1. The largest absolute Gasteiger partial charge is 0.392 e. The van der Waals surface area contributed by atoms with Gasteiger partial charge in [0.1, 0.15) is 5.82 Å². The molecular weight excluding hydrogens is 250 g/mol. The summed E-state index contributed by atoms with van der Waals surface area (Å²) >= 11 is 0. The summed E-state index contributed by atoms with van der Waals surface area (Å²) < 4.78 is 0. The van der Waals surface area contributed by atoms with Crippen LogP contribution in [0, 0.1) is 0 Å². The molecule has 0 fully saturated rings. The monoisotopic (exact) mass is 271 g/mol. The van der Waals surface area contributed by atoms with Crippen LogP contribution >= 0.6 is 0 Å². The molecular formula is C16H21N3O. The standard InChI is InChI=1S/C16H21N3O/c1-3-15-9-14(12-20)10-16(18-15)19(4-2)11-13-5-7-17-8-6-13/h5-10,20H,3-4,11-12H2,1-2H3. The molecule has 0 saturated carbocycles. The maximum Gasteiger partial charge on any atom is 0.129 e. The van der Waals surface area contributed by atoms with Crippen LogP contribution in [-0.2, 0) is 19.6 Å². The minimum absolute atomic E-state index is 0.0509. The summed E-state index contributed by atoms with van der Waals surface area (Å²) in [5.74, 6) is 0.924. The highest BCUT2D eigenvalue weighted by atomic mass is 16.3. The first kappa shape index (κ1) is 14.5. The quantitative estimate of drug-likeness (QED) is 0.877. The predicted molar refractivity (Wildman–Crippen MR) is 80.5 cm³/mol. The lowest BCUT2D eigenvalue weighted by atomic mass is 10.2. The van der Waals surface area contributed by atoms with Gasteiger partial charge in [0.2, 0.25) is 0 Å². The molecule has 4 nitrogen and oxygen atoms in total. The van der Waals surface area contributed by atoms with E-state index in [-0.39, 0.29) is 6.61 Å². The molecule has 0 aliphatic heterocycles. The summed E-state index contributed by atoms with van der Waals surface area (Å²) in [5.41, 5.74) is 3.14.